The molecule has 1 unspecified atom stereocenters. The Balaban J connectivity index is 1.59. The number of hydrogen-bond donors (Lipinski definition) is 2. The summed E-state index contributed by atoms with van der Waals surface area (Å²) in [5.41, 5.74) is 0.0627. The van der Waals surface area contributed by atoms with E-state index in [4.69, 9.17) is 11.2 Å². The zero-order valence-electron chi connectivity index (χ0n) is 18.8. The molecule has 2 aromatic carbocycles. The number of hydrogen-bond acceptors (Lipinski definition) is 7. The third-order valence-electron chi connectivity index (χ3n) is 6.79. The number of ether oxygens (including phenoxy) is 1. The number of aromatic nitrogens is 3. The first-order valence-electron chi connectivity index (χ1n) is 11.3. The molecule has 174 valence electrons. The van der Waals surface area contributed by atoms with E-state index < -0.39 is 11.6 Å². The second-order valence-electron chi connectivity index (χ2n) is 8.92. The Morgan fingerprint density at radius 2 is 2.14 bits per heavy atom. The number of methoxy groups -OCH3 is 1. The molecule has 2 N–H and O–H groups in total. The van der Waals surface area contributed by atoms with Gasteiger partial charge in [-0.1, -0.05) is 18.3 Å². The van der Waals surface area contributed by atoms with Gasteiger partial charge >= 0.3 is 6.01 Å². The molecule has 2 saturated heterocycles. The lowest BCUT2D eigenvalue weighted by Crippen LogP contribution is -2.54. The van der Waals surface area contributed by atoms with E-state index in [1.165, 1.54) is 37.6 Å². The van der Waals surface area contributed by atoms with E-state index in [1.807, 2.05) is 0 Å². The standard InChI is InChI=1S/C25H20BF2N5O2/c1-3-16-19(27)5-4-13-8-15(34)9-17(20(13)16)22-21(28)23-18(10-29-22)24(31-25(30-23)35-2)33-11-14-6-7-26(12-33)32-14/h1,4-5,8-10,14,32,34H,6-7,11-12H2,2H3. The summed E-state index contributed by atoms with van der Waals surface area (Å²) in [5, 5.41) is 15.1. The molecule has 0 amide bonds. The Bertz CT molecular complexity index is 1550. The van der Waals surface area contributed by atoms with Gasteiger partial charge in [0.15, 0.2) is 5.82 Å². The topological polar surface area (TPSA) is 83.4 Å². The first-order chi connectivity index (χ1) is 17.0. The molecule has 2 fully saturated rings. The van der Waals surface area contributed by atoms with Crippen molar-refractivity contribution in [2.75, 3.05) is 25.0 Å². The number of aromatic hydroxyl groups is 1. The van der Waals surface area contributed by atoms with E-state index in [-0.39, 0.29) is 39.5 Å². The summed E-state index contributed by atoms with van der Waals surface area (Å²) in [6.07, 6.45) is 9.99. The van der Waals surface area contributed by atoms with Crippen LogP contribution in [0.1, 0.15) is 12.0 Å². The van der Waals surface area contributed by atoms with Crippen molar-refractivity contribution in [3.8, 4) is 35.4 Å². The monoisotopic (exact) mass is 471 g/mol. The van der Waals surface area contributed by atoms with Crippen LogP contribution >= 0.6 is 0 Å². The van der Waals surface area contributed by atoms with E-state index in [1.54, 1.807) is 0 Å². The molecule has 2 bridgehead atoms. The van der Waals surface area contributed by atoms with Crippen LogP contribution in [-0.4, -0.2) is 53.0 Å². The predicted molar refractivity (Wildman–Crippen MR) is 131 cm³/mol. The number of nitrogens with one attached hydrogen (secondary N) is 1. The van der Waals surface area contributed by atoms with Gasteiger partial charge < -0.3 is 20.0 Å². The Kier molecular flexibility index (Phi) is 4.97. The van der Waals surface area contributed by atoms with Crippen molar-refractivity contribution in [3.05, 3.63) is 47.7 Å². The van der Waals surface area contributed by atoms with Gasteiger partial charge in [0.1, 0.15) is 28.6 Å². The summed E-state index contributed by atoms with van der Waals surface area (Å²) >= 11 is 0. The molecular weight excluding hydrogens is 451 g/mol. The minimum absolute atomic E-state index is 0.0258. The summed E-state index contributed by atoms with van der Waals surface area (Å²) in [5.74, 6) is 1.42. The van der Waals surface area contributed by atoms with Gasteiger partial charge in [-0.3, -0.25) is 4.98 Å². The SMILES string of the molecule is C#Cc1c(F)ccc2cc(O)cc(-c3ncc4c(N5CB6CCC(C5)N6)nc(OC)nc4c3F)c12. The molecule has 1 atom stereocenters. The smallest absolute Gasteiger partial charge is 0.318 e. The van der Waals surface area contributed by atoms with Gasteiger partial charge in [-0.15, -0.1) is 6.42 Å². The highest BCUT2D eigenvalue weighted by molar-refractivity contribution is 6.58. The maximum absolute atomic E-state index is 16.1. The maximum atomic E-state index is 16.1. The Labute approximate surface area is 200 Å². The first-order valence-corrected chi connectivity index (χ1v) is 11.3. The summed E-state index contributed by atoms with van der Waals surface area (Å²) in [4.78, 5) is 15.3. The highest BCUT2D eigenvalue weighted by Gasteiger charge is 2.36. The fourth-order valence-corrected chi connectivity index (χ4v) is 5.26. The molecule has 0 spiro atoms. The zero-order chi connectivity index (χ0) is 24.3. The van der Waals surface area contributed by atoms with E-state index >= 15 is 4.39 Å². The molecule has 4 aromatic rings. The largest absolute Gasteiger partial charge is 0.508 e. The van der Waals surface area contributed by atoms with Crippen molar-refractivity contribution in [3.63, 3.8) is 0 Å². The molecule has 0 saturated carbocycles. The molecule has 2 aliphatic heterocycles. The molecule has 10 heteroatoms. The molecule has 0 aliphatic carbocycles. The highest BCUT2D eigenvalue weighted by Crippen LogP contribution is 2.39. The number of anilines is 1. The predicted octanol–water partition coefficient (Wildman–Crippen LogP) is 3.53. The molecule has 6 rings (SSSR count). The maximum Gasteiger partial charge on any atom is 0.318 e. The van der Waals surface area contributed by atoms with Crippen LogP contribution in [0.2, 0.25) is 6.32 Å². The third kappa shape index (κ3) is 3.42. The molecular formula is C25H20BF2N5O2. The summed E-state index contributed by atoms with van der Waals surface area (Å²) in [6, 6.07) is 5.85. The van der Waals surface area contributed by atoms with Crippen LogP contribution in [0.3, 0.4) is 0 Å². The van der Waals surface area contributed by atoms with Crippen molar-refractivity contribution in [2.24, 2.45) is 0 Å². The van der Waals surface area contributed by atoms with E-state index in [0.29, 0.717) is 29.5 Å². The van der Waals surface area contributed by atoms with Gasteiger partial charge in [0.2, 0.25) is 6.85 Å². The van der Waals surface area contributed by atoms with E-state index in [2.05, 4.69) is 31.0 Å². The van der Waals surface area contributed by atoms with Crippen LogP contribution in [0.5, 0.6) is 11.8 Å². The lowest BCUT2D eigenvalue weighted by atomic mass is 9.61. The third-order valence-corrected chi connectivity index (χ3v) is 6.79. The average molecular weight is 471 g/mol. The van der Waals surface area contributed by atoms with Crippen molar-refractivity contribution in [2.45, 2.75) is 18.8 Å². The molecule has 2 aromatic heterocycles. The van der Waals surface area contributed by atoms with Gasteiger partial charge in [-0.2, -0.15) is 9.97 Å². The Morgan fingerprint density at radius 3 is 2.91 bits per heavy atom. The minimum atomic E-state index is -0.735. The fourth-order valence-electron chi connectivity index (χ4n) is 5.26. The summed E-state index contributed by atoms with van der Waals surface area (Å²) < 4.78 is 35.9. The Hall–Kier alpha value is -3.97. The van der Waals surface area contributed by atoms with Crippen LogP contribution in [-0.2, 0) is 0 Å². The number of rotatable bonds is 3. The minimum Gasteiger partial charge on any atom is -0.508 e. The molecule has 2 aliphatic rings. The summed E-state index contributed by atoms with van der Waals surface area (Å²) in [6.45, 7) is 1.08. The number of phenols is 1. The number of benzene rings is 2. The number of fused-ring (bicyclic) bond motifs is 4. The van der Waals surface area contributed by atoms with E-state index in [9.17, 15) is 9.50 Å². The fraction of sp³-hybridized carbons (Fsp3) is 0.240. The Morgan fingerprint density at radius 1 is 1.29 bits per heavy atom. The van der Waals surface area contributed by atoms with Crippen molar-refractivity contribution in [1.82, 2.24) is 20.2 Å². The van der Waals surface area contributed by atoms with Crippen molar-refractivity contribution in [1.29, 1.82) is 0 Å². The van der Waals surface area contributed by atoms with Gasteiger partial charge in [-0.05, 0) is 30.0 Å². The van der Waals surface area contributed by atoms with Crippen molar-refractivity contribution < 1.29 is 18.6 Å². The number of halogens is 2. The average Bonchev–Trinajstić information content (AvgIpc) is 3.20. The van der Waals surface area contributed by atoms with Crippen LogP contribution < -0.4 is 14.9 Å². The number of nitrogens with zero attached hydrogens (tertiary/aromatic N) is 4. The second-order valence-corrected chi connectivity index (χ2v) is 8.92. The van der Waals surface area contributed by atoms with Crippen LogP contribution in [0.25, 0.3) is 32.9 Å². The molecule has 7 nitrogen and oxygen atoms in total. The van der Waals surface area contributed by atoms with Gasteiger partial charge in [0, 0.05) is 36.2 Å². The number of pyridine rings is 1. The molecule has 4 heterocycles. The highest BCUT2D eigenvalue weighted by atomic mass is 19.1. The number of phenolic OH excluding ortho intramolecular Hbond substituents is 1. The van der Waals surface area contributed by atoms with E-state index in [0.717, 1.165) is 25.7 Å². The van der Waals surface area contributed by atoms with Crippen LogP contribution in [0.4, 0.5) is 14.6 Å². The van der Waals surface area contributed by atoms with Gasteiger partial charge in [-0.25, -0.2) is 8.78 Å². The summed E-state index contributed by atoms with van der Waals surface area (Å²) in [7, 11) is 1.43. The molecule has 35 heavy (non-hydrogen) atoms. The second kappa shape index (κ2) is 8.06. The van der Waals surface area contributed by atoms with Gasteiger partial charge in [0.25, 0.3) is 0 Å². The quantitative estimate of drug-likeness (QED) is 0.350. The van der Waals surface area contributed by atoms with Gasteiger partial charge in [0.05, 0.1) is 18.1 Å². The molecule has 0 radical (unpaired) electrons. The normalized spacial score (nSPS) is 17.3. The van der Waals surface area contributed by atoms with Crippen LogP contribution in [0.15, 0.2) is 30.5 Å². The van der Waals surface area contributed by atoms with Crippen LogP contribution in [0, 0.1) is 24.0 Å². The lowest BCUT2D eigenvalue weighted by molar-refractivity contribution is 0.381. The zero-order valence-corrected chi connectivity index (χ0v) is 18.8. The number of terminal acetylenes is 1. The van der Waals surface area contributed by atoms with Crippen molar-refractivity contribution >= 4 is 34.3 Å². The first kappa shape index (κ1) is 21.6. The lowest BCUT2D eigenvalue weighted by Gasteiger charge is -2.33.